The Morgan fingerprint density at radius 1 is 1.00 bits per heavy atom. The van der Waals surface area contributed by atoms with Crippen molar-refractivity contribution in [3.63, 3.8) is 0 Å². The predicted molar refractivity (Wildman–Crippen MR) is 99.8 cm³/mol. The highest BCUT2D eigenvalue weighted by Gasteiger charge is 2.23. The number of halogens is 2. The third-order valence-electron chi connectivity index (χ3n) is 3.58. The fourth-order valence-corrected chi connectivity index (χ4v) is 3.82. The predicted octanol–water partition coefficient (Wildman–Crippen LogP) is 4.98. The summed E-state index contributed by atoms with van der Waals surface area (Å²) in [7, 11) is -3.85. The van der Waals surface area contributed by atoms with Gasteiger partial charge >= 0.3 is 0 Å². The molecule has 2 aromatic carbocycles. The van der Waals surface area contributed by atoms with E-state index in [0.717, 1.165) is 5.56 Å². The topological polar surface area (TPSA) is 76.4 Å². The lowest BCUT2D eigenvalue weighted by Gasteiger charge is -2.06. The zero-order valence-corrected chi connectivity index (χ0v) is 15.8. The molecule has 0 aliphatic carbocycles. The Kier molecular flexibility index (Phi) is 5.09. The van der Waals surface area contributed by atoms with Crippen molar-refractivity contribution < 1.29 is 17.6 Å². The fourth-order valence-electron chi connectivity index (χ4n) is 2.19. The highest BCUT2D eigenvalue weighted by molar-refractivity contribution is 7.91. The van der Waals surface area contributed by atoms with Crippen LogP contribution in [0.2, 0.25) is 10.0 Å². The van der Waals surface area contributed by atoms with Crippen molar-refractivity contribution in [2.24, 2.45) is 0 Å². The number of anilines is 1. The lowest BCUT2D eigenvalue weighted by Crippen LogP contribution is -2.11. The van der Waals surface area contributed by atoms with E-state index < -0.39 is 15.7 Å². The first-order valence-electron chi connectivity index (χ1n) is 7.45. The average molecular weight is 410 g/mol. The largest absolute Gasteiger partial charge is 0.439 e. The quantitative estimate of drug-likeness (QED) is 0.658. The monoisotopic (exact) mass is 409 g/mol. The Morgan fingerprint density at radius 2 is 1.69 bits per heavy atom. The van der Waals surface area contributed by atoms with E-state index in [1.807, 2.05) is 6.92 Å². The Labute approximate surface area is 160 Å². The van der Waals surface area contributed by atoms with Crippen molar-refractivity contribution in [1.29, 1.82) is 0 Å². The standard InChI is InChI=1S/C18H13Cl2NO4S/c1-11-2-5-13(6-3-11)26(23,24)17-9-8-16(25-17)18(22)21-15-7-4-12(19)10-14(15)20/h2-10H,1H3,(H,21,22). The molecule has 0 saturated carbocycles. The van der Waals surface area contributed by atoms with Crippen molar-refractivity contribution >= 4 is 44.6 Å². The van der Waals surface area contributed by atoms with Crippen LogP contribution in [0.25, 0.3) is 0 Å². The molecule has 1 amide bonds. The van der Waals surface area contributed by atoms with Gasteiger partial charge in [-0.1, -0.05) is 40.9 Å². The first-order valence-corrected chi connectivity index (χ1v) is 9.69. The van der Waals surface area contributed by atoms with Gasteiger partial charge < -0.3 is 9.73 Å². The van der Waals surface area contributed by atoms with Crippen molar-refractivity contribution in [3.05, 3.63) is 76.0 Å². The number of carbonyl (C=O) groups is 1. The van der Waals surface area contributed by atoms with E-state index in [-0.39, 0.29) is 20.8 Å². The molecule has 0 radical (unpaired) electrons. The number of benzene rings is 2. The molecular weight excluding hydrogens is 397 g/mol. The Balaban J connectivity index is 1.85. The molecule has 5 nitrogen and oxygen atoms in total. The molecule has 0 bridgehead atoms. The summed E-state index contributed by atoms with van der Waals surface area (Å²) in [4.78, 5) is 12.4. The minimum atomic E-state index is -3.85. The molecule has 1 heterocycles. The van der Waals surface area contributed by atoms with E-state index >= 15 is 0 Å². The average Bonchev–Trinajstić information content (AvgIpc) is 3.09. The first-order chi connectivity index (χ1) is 12.3. The minimum absolute atomic E-state index is 0.0881. The number of sulfone groups is 1. The van der Waals surface area contributed by atoms with Gasteiger partial charge in [-0.3, -0.25) is 4.79 Å². The highest BCUT2D eigenvalue weighted by Crippen LogP contribution is 2.27. The first kappa shape index (κ1) is 18.5. The number of carbonyl (C=O) groups excluding carboxylic acids is 1. The van der Waals surface area contributed by atoms with E-state index in [9.17, 15) is 13.2 Å². The molecule has 0 aliphatic heterocycles. The number of hydrogen-bond donors (Lipinski definition) is 1. The molecule has 1 aromatic heterocycles. The summed E-state index contributed by atoms with van der Waals surface area (Å²) in [6, 6.07) is 13.5. The number of hydrogen-bond acceptors (Lipinski definition) is 4. The van der Waals surface area contributed by atoms with Crippen LogP contribution in [0, 0.1) is 6.92 Å². The summed E-state index contributed by atoms with van der Waals surface area (Å²) in [6.45, 7) is 1.85. The molecule has 0 spiro atoms. The van der Waals surface area contributed by atoms with Crippen LogP contribution in [0.5, 0.6) is 0 Å². The Morgan fingerprint density at radius 3 is 2.35 bits per heavy atom. The van der Waals surface area contributed by atoms with Gasteiger partial charge in [0.15, 0.2) is 5.76 Å². The summed E-state index contributed by atoms with van der Waals surface area (Å²) in [5, 5.41) is 2.92. The SMILES string of the molecule is Cc1ccc(S(=O)(=O)c2ccc(C(=O)Nc3ccc(Cl)cc3Cl)o2)cc1. The zero-order chi connectivity index (χ0) is 18.9. The van der Waals surface area contributed by atoms with Gasteiger partial charge in [-0.25, -0.2) is 8.42 Å². The van der Waals surface area contributed by atoms with E-state index in [2.05, 4.69) is 5.32 Å². The van der Waals surface area contributed by atoms with Crippen LogP contribution < -0.4 is 5.32 Å². The highest BCUT2D eigenvalue weighted by atomic mass is 35.5. The summed E-state index contributed by atoms with van der Waals surface area (Å²) in [6.07, 6.45) is 0. The smallest absolute Gasteiger partial charge is 0.291 e. The molecule has 0 atom stereocenters. The zero-order valence-electron chi connectivity index (χ0n) is 13.5. The maximum Gasteiger partial charge on any atom is 0.291 e. The second-order valence-corrected chi connectivity index (χ2v) is 8.24. The molecule has 0 fully saturated rings. The maximum atomic E-state index is 12.6. The van der Waals surface area contributed by atoms with Crippen molar-refractivity contribution in [1.82, 2.24) is 0 Å². The van der Waals surface area contributed by atoms with Crippen LogP contribution in [0.3, 0.4) is 0 Å². The number of rotatable bonds is 4. The number of nitrogens with one attached hydrogen (secondary N) is 1. The molecular formula is C18H13Cl2NO4S. The summed E-state index contributed by atoms with van der Waals surface area (Å²) >= 11 is 11.8. The van der Waals surface area contributed by atoms with Crippen LogP contribution in [0.15, 0.2) is 69.0 Å². The number of furan rings is 1. The van der Waals surface area contributed by atoms with E-state index in [0.29, 0.717) is 10.7 Å². The Hall–Kier alpha value is -2.28. The van der Waals surface area contributed by atoms with Gasteiger partial charge in [0.2, 0.25) is 14.9 Å². The van der Waals surface area contributed by atoms with E-state index in [4.69, 9.17) is 27.6 Å². The Bertz CT molecular complexity index is 1070. The number of amides is 1. The minimum Gasteiger partial charge on any atom is -0.439 e. The van der Waals surface area contributed by atoms with Gasteiger partial charge in [0.25, 0.3) is 5.91 Å². The van der Waals surface area contributed by atoms with Crippen LogP contribution >= 0.6 is 23.2 Å². The van der Waals surface area contributed by atoms with Crippen LogP contribution in [-0.4, -0.2) is 14.3 Å². The number of aryl methyl sites for hydroxylation is 1. The van der Waals surface area contributed by atoms with Gasteiger partial charge in [0.05, 0.1) is 15.6 Å². The van der Waals surface area contributed by atoms with Crippen LogP contribution in [-0.2, 0) is 9.84 Å². The summed E-state index contributed by atoms with van der Waals surface area (Å²) in [5.74, 6) is -0.777. The lowest BCUT2D eigenvalue weighted by molar-refractivity contribution is 0.0991. The van der Waals surface area contributed by atoms with Gasteiger partial charge in [0.1, 0.15) is 0 Å². The van der Waals surface area contributed by atoms with Gasteiger partial charge in [0, 0.05) is 5.02 Å². The molecule has 26 heavy (non-hydrogen) atoms. The maximum absolute atomic E-state index is 12.6. The van der Waals surface area contributed by atoms with Gasteiger partial charge in [-0.15, -0.1) is 0 Å². The van der Waals surface area contributed by atoms with Crippen molar-refractivity contribution in [2.75, 3.05) is 5.32 Å². The van der Waals surface area contributed by atoms with Crippen LogP contribution in [0.4, 0.5) is 5.69 Å². The van der Waals surface area contributed by atoms with Crippen molar-refractivity contribution in [3.8, 4) is 0 Å². The van der Waals surface area contributed by atoms with E-state index in [1.54, 1.807) is 18.2 Å². The van der Waals surface area contributed by atoms with Gasteiger partial charge in [-0.2, -0.15) is 0 Å². The molecule has 3 aromatic rings. The second-order valence-electron chi connectivity index (χ2n) is 5.51. The molecule has 0 aliphatic rings. The molecule has 134 valence electrons. The second kappa shape index (κ2) is 7.15. The third kappa shape index (κ3) is 3.77. The summed E-state index contributed by atoms with van der Waals surface area (Å²) < 4.78 is 30.4. The fraction of sp³-hybridized carbons (Fsp3) is 0.0556. The lowest BCUT2D eigenvalue weighted by atomic mass is 10.2. The van der Waals surface area contributed by atoms with E-state index in [1.165, 1.54) is 36.4 Å². The van der Waals surface area contributed by atoms with Crippen molar-refractivity contribution in [2.45, 2.75) is 16.9 Å². The molecule has 8 heteroatoms. The van der Waals surface area contributed by atoms with Gasteiger partial charge in [-0.05, 0) is 49.4 Å². The molecule has 0 unspecified atom stereocenters. The molecule has 1 N–H and O–H groups in total. The normalized spacial score (nSPS) is 11.3. The van der Waals surface area contributed by atoms with Crippen LogP contribution in [0.1, 0.15) is 16.1 Å². The molecule has 3 rings (SSSR count). The third-order valence-corrected chi connectivity index (χ3v) is 5.77. The molecule has 0 saturated heterocycles. The summed E-state index contributed by atoms with van der Waals surface area (Å²) in [5.41, 5.74) is 1.27.